The third kappa shape index (κ3) is 3.56. The van der Waals surface area contributed by atoms with Crippen LogP contribution in [0.5, 0.6) is 0 Å². The molecule has 1 nitrogen and oxygen atoms in total. The molecular formula is C10H14BrClFN. The maximum absolute atomic E-state index is 12.7. The monoisotopic (exact) mass is 281 g/mol. The van der Waals surface area contributed by atoms with E-state index in [-0.39, 0.29) is 24.3 Å². The Morgan fingerprint density at radius 2 is 2.14 bits per heavy atom. The van der Waals surface area contributed by atoms with Gasteiger partial charge in [-0.1, -0.05) is 35.3 Å². The molecule has 1 atom stereocenters. The van der Waals surface area contributed by atoms with Crippen molar-refractivity contribution in [3.8, 4) is 0 Å². The van der Waals surface area contributed by atoms with Crippen LogP contribution < -0.4 is 5.73 Å². The molecule has 0 spiro atoms. The van der Waals surface area contributed by atoms with E-state index in [0.717, 1.165) is 22.9 Å². The van der Waals surface area contributed by atoms with Crippen molar-refractivity contribution in [2.45, 2.75) is 25.8 Å². The van der Waals surface area contributed by atoms with Crippen LogP contribution in [0.4, 0.5) is 4.39 Å². The summed E-state index contributed by atoms with van der Waals surface area (Å²) in [4.78, 5) is 0. The summed E-state index contributed by atoms with van der Waals surface area (Å²) in [7, 11) is 0. The fourth-order valence-corrected chi connectivity index (χ4v) is 1.91. The highest BCUT2D eigenvalue weighted by Crippen LogP contribution is 2.25. The number of hydrogen-bond donors (Lipinski definition) is 1. The van der Waals surface area contributed by atoms with Gasteiger partial charge >= 0.3 is 0 Å². The van der Waals surface area contributed by atoms with Gasteiger partial charge in [0.15, 0.2) is 0 Å². The predicted octanol–water partition coefficient (Wildman–Crippen LogP) is 3.81. The SMILES string of the molecule is CCC[C@@H](N)c1ccc(F)cc1Br.Cl. The summed E-state index contributed by atoms with van der Waals surface area (Å²) >= 11 is 3.30. The molecule has 4 heteroatoms. The van der Waals surface area contributed by atoms with Crippen molar-refractivity contribution >= 4 is 28.3 Å². The minimum atomic E-state index is -0.237. The molecule has 0 heterocycles. The molecule has 0 saturated carbocycles. The highest BCUT2D eigenvalue weighted by molar-refractivity contribution is 9.10. The fourth-order valence-electron chi connectivity index (χ4n) is 1.27. The van der Waals surface area contributed by atoms with E-state index in [4.69, 9.17) is 5.73 Å². The van der Waals surface area contributed by atoms with Crippen molar-refractivity contribution in [3.05, 3.63) is 34.1 Å². The van der Waals surface area contributed by atoms with Gasteiger partial charge in [0.2, 0.25) is 0 Å². The number of benzene rings is 1. The van der Waals surface area contributed by atoms with Crippen LogP contribution in [-0.2, 0) is 0 Å². The zero-order valence-electron chi connectivity index (χ0n) is 7.97. The van der Waals surface area contributed by atoms with Gasteiger partial charge in [-0.3, -0.25) is 0 Å². The second-order valence-electron chi connectivity index (χ2n) is 3.06. The third-order valence-electron chi connectivity index (χ3n) is 1.96. The molecule has 0 aliphatic heterocycles. The van der Waals surface area contributed by atoms with Gasteiger partial charge in [0, 0.05) is 10.5 Å². The van der Waals surface area contributed by atoms with Gasteiger partial charge < -0.3 is 5.73 Å². The Morgan fingerprint density at radius 1 is 1.50 bits per heavy atom. The Labute approximate surface area is 98.4 Å². The predicted molar refractivity (Wildman–Crippen MR) is 63.2 cm³/mol. The molecule has 2 N–H and O–H groups in total. The highest BCUT2D eigenvalue weighted by Gasteiger charge is 2.08. The van der Waals surface area contributed by atoms with Crippen molar-refractivity contribution in [2.75, 3.05) is 0 Å². The molecule has 0 fully saturated rings. The molecule has 0 saturated heterocycles. The topological polar surface area (TPSA) is 26.0 Å². The average molecular weight is 283 g/mol. The number of nitrogens with two attached hydrogens (primary N) is 1. The van der Waals surface area contributed by atoms with Crippen LogP contribution in [0.1, 0.15) is 31.4 Å². The first-order valence-electron chi connectivity index (χ1n) is 4.35. The molecule has 0 aromatic heterocycles. The fraction of sp³-hybridized carbons (Fsp3) is 0.400. The van der Waals surface area contributed by atoms with Crippen molar-refractivity contribution in [1.29, 1.82) is 0 Å². The zero-order valence-corrected chi connectivity index (χ0v) is 10.4. The van der Waals surface area contributed by atoms with E-state index in [1.165, 1.54) is 12.1 Å². The standard InChI is InChI=1S/C10H13BrFN.ClH/c1-2-3-10(13)8-5-4-7(12)6-9(8)11;/h4-6,10H,2-3,13H2,1H3;1H/t10-;/m1./s1. The first-order chi connectivity index (χ1) is 6.15. The molecule has 0 amide bonds. The number of halogens is 3. The van der Waals surface area contributed by atoms with Crippen LogP contribution in [0, 0.1) is 5.82 Å². The first-order valence-corrected chi connectivity index (χ1v) is 5.15. The maximum atomic E-state index is 12.7. The quantitative estimate of drug-likeness (QED) is 0.896. The van der Waals surface area contributed by atoms with E-state index in [0.29, 0.717) is 0 Å². The van der Waals surface area contributed by atoms with Crippen molar-refractivity contribution < 1.29 is 4.39 Å². The second kappa shape index (κ2) is 6.38. The van der Waals surface area contributed by atoms with E-state index < -0.39 is 0 Å². The lowest BCUT2D eigenvalue weighted by molar-refractivity contribution is 0.613. The van der Waals surface area contributed by atoms with Crippen LogP contribution in [0.25, 0.3) is 0 Å². The Bertz CT molecular complexity index is 293. The van der Waals surface area contributed by atoms with Crippen molar-refractivity contribution in [1.82, 2.24) is 0 Å². The summed E-state index contributed by atoms with van der Waals surface area (Å²) in [5.74, 6) is -0.237. The maximum Gasteiger partial charge on any atom is 0.124 e. The Morgan fingerprint density at radius 3 is 2.64 bits per heavy atom. The van der Waals surface area contributed by atoms with Crippen LogP contribution in [0.2, 0.25) is 0 Å². The zero-order chi connectivity index (χ0) is 9.84. The number of hydrogen-bond acceptors (Lipinski definition) is 1. The molecule has 0 unspecified atom stereocenters. The summed E-state index contributed by atoms with van der Waals surface area (Å²) in [5.41, 5.74) is 6.88. The smallest absolute Gasteiger partial charge is 0.124 e. The molecule has 0 aliphatic carbocycles. The van der Waals surface area contributed by atoms with Gasteiger partial charge in [-0.25, -0.2) is 4.39 Å². The van der Waals surface area contributed by atoms with Crippen LogP contribution in [0.15, 0.2) is 22.7 Å². The van der Waals surface area contributed by atoms with Crippen LogP contribution in [0.3, 0.4) is 0 Å². The molecule has 0 radical (unpaired) electrons. The molecule has 1 aromatic carbocycles. The summed E-state index contributed by atoms with van der Waals surface area (Å²) < 4.78 is 13.5. The van der Waals surface area contributed by atoms with E-state index in [1.807, 2.05) is 0 Å². The van der Waals surface area contributed by atoms with Gasteiger partial charge in [0.05, 0.1) is 0 Å². The van der Waals surface area contributed by atoms with E-state index >= 15 is 0 Å². The van der Waals surface area contributed by atoms with E-state index in [2.05, 4.69) is 22.9 Å². The Hall–Kier alpha value is -0.120. The Kier molecular flexibility index (Phi) is 6.33. The highest BCUT2D eigenvalue weighted by atomic mass is 79.9. The van der Waals surface area contributed by atoms with Gasteiger partial charge in [0.25, 0.3) is 0 Å². The number of rotatable bonds is 3. The van der Waals surface area contributed by atoms with Crippen LogP contribution >= 0.6 is 28.3 Å². The second-order valence-corrected chi connectivity index (χ2v) is 3.92. The summed E-state index contributed by atoms with van der Waals surface area (Å²) in [5, 5.41) is 0. The largest absolute Gasteiger partial charge is 0.324 e. The summed E-state index contributed by atoms with van der Waals surface area (Å²) in [6, 6.07) is 4.63. The van der Waals surface area contributed by atoms with Crippen molar-refractivity contribution in [2.24, 2.45) is 5.73 Å². The molecule has 14 heavy (non-hydrogen) atoms. The molecule has 1 aromatic rings. The van der Waals surface area contributed by atoms with Crippen molar-refractivity contribution in [3.63, 3.8) is 0 Å². The van der Waals surface area contributed by atoms with Crippen LogP contribution in [-0.4, -0.2) is 0 Å². The Balaban J connectivity index is 0.00000169. The molecule has 1 rings (SSSR count). The van der Waals surface area contributed by atoms with Gasteiger partial charge in [-0.05, 0) is 24.1 Å². The molecule has 0 aliphatic rings. The lowest BCUT2D eigenvalue weighted by Gasteiger charge is -2.12. The normalized spacial score (nSPS) is 12.0. The third-order valence-corrected chi connectivity index (χ3v) is 2.65. The summed E-state index contributed by atoms with van der Waals surface area (Å²) in [6.07, 6.45) is 1.95. The van der Waals surface area contributed by atoms with Gasteiger partial charge in [-0.2, -0.15) is 0 Å². The first kappa shape index (κ1) is 13.9. The van der Waals surface area contributed by atoms with Gasteiger partial charge in [0.1, 0.15) is 5.82 Å². The molecule has 0 bridgehead atoms. The minimum absolute atomic E-state index is 0. The van der Waals surface area contributed by atoms with E-state index in [1.54, 1.807) is 6.07 Å². The lowest BCUT2D eigenvalue weighted by atomic mass is 10.0. The minimum Gasteiger partial charge on any atom is -0.324 e. The molecule has 80 valence electrons. The lowest BCUT2D eigenvalue weighted by Crippen LogP contribution is -2.10. The van der Waals surface area contributed by atoms with Gasteiger partial charge in [-0.15, -0.1) is 12.4 Å². The molecular weight excluding hydrogens is 268 g/mol. The summed E-state index contributed by atoms with van der Waals surface area (Å²) in [6.45, 7) is 2.08. The van der Waals surface area contributed by atoms with E-state index in [9.17, 15) is 4.39 Å². The average Bonchev–Trinajstić information content (AvgIpc) is 2.04.